The number of aryl methyl sites for hydroxylation is 2. The molecule has 0 aliphatic rings. The summed E-state index contributed by atoms with van der Waals surface area (Å²) in [4.78, 5) is 11.1. The first-order valence-electron chi connectivity index (χ1n) is 6.96. The molecule has 19 heavy (non-hydrogen) atoms. The molecule has 2 atom stereocenters. The van der Waals surface area contributed by atoms with Crippen LogP contribution in [0.4, 0.5) is 0 Å². The number of benzene rings is 1. The number of nitrogens with two attached hydrogens (primary N) is 1. The van der Waals surface area contributed by atoms with Gasteiger partial charge in [-0.1, -0.05) is 42.7 Å². The molecule has 0 aromatic heterocycles. The van der Waals surface area contributed by atoms with Gasteiger partial charge in [0, 0.05) is 6.54 Å². The van der Waals surface area contributed by atoms with E-state index >= 15 is 0 Å². The molecule has 1 rings (SSSR count). The first-order chi connectivity index (χ1) is 8.96. The summed E-state index contributed by atoms with van der Waals surface area (Å²) in [6, 6.07) is 6.53. The predicted octanol–water partition coefficient (Wildman–Crippen LogP) is 2.92. The van der Waals surface area contributed by atoms with Gasteiger partial charge >= 0.3 is 5.97 Å². The fourth-order valence-electron chi connectivity index (χ4n) is 2.61. The summed E-state index contributed by atoms with van der Waals surface area (Å²) in [5.74, 6) is -0.817. The Morgan fingerprint density at radius 1 is 1.26 bits per heavy atom. The summed E-state index contributed by atoms with van der Waals surface area (Å²) in [6.07, 6.45) is 2.58. The van der Waals surface area contributed by atoms with Crippen LogP contribution in [0, 0.1) is 25.7 Å². The number of carbonyl (C=O) groups is 1. The van der Waals surface area contributed by atoms with Crippen LogP contribution in [-0.2, 0) is 11.2 Å². The quantitative estimate of drug-likeness (QED) is 0.795. The fraction of sp³-hybridized carbons (Fsp3) is 0.562. The lowest BCUT2D eigenvalue weighted by molar-refractivity contribution is -0.142. The van der Waals surface area contributed by atoms with Crippen molar-refractivity contribution in [2.24, 2.45) is 17.6 Å². The van der Waals surface area contributed by atoms with E-state index in [1.54, 1.807) is 0 Å². The minimum atomic E-state index is -0.777. The van der Waals surface area contributed by atoms with Crippen molar-refractivity contribution in [3.63, 3.8) is 0 Å². The Balaban J connectivity index is 2.73. The van der Waals surface area contributed by atoms with Gasteiger partial charge in [-0.3, -0.25) is 4.79 Å². The lowest BCUT2D eigenvalue weighted by Crippen LogP contribution is -2.26. The largest absolute Gasteiger partial charge is 0.481 e. The summed E-state index contributed by atoms with van der Waals surface area (Å²) >= 11 is 0. The Kier molecular flexibility index (Phi) is 6.03. The molecule has 0 radical (unpaired) electrons. The zero-order valence-electron chi connectivity index (χ0n) is 12.1. The lowest BCUT2D eigenvalue weighted by atomic mass is 9.87. The van der Waals surface area contributed by atoms with Gasteiger partial charge in [0.15, 0.2) is 0 Å². The first-order valence-corrected chi connectivity index (χ1v) is 6.96. The van der Waals surface area contributed by atoms with Crippen LogP contribution >= 0.6 is 0 Å². The monoisotopic (exact) mass is 263 g/mol. The molecule has 0 spiro atoms. The van der Waals surface area contributed by atoms with Crippen LogP contribution in [0.15, 0.2) is 18.2 Å². The second-order valence-corrected chi connectivity index (χ2v) is 5.48. The topological polar surface area (TPSA) is 63.3 Å². The normalized spacial score (nSPS) is 14.1. The lowest BCUT2D eigenvalue weighted by Gasteiger charge is -2.19. The van der Waals surface area contributed by atoms with E-state index in [0.29, 0.717) is 12.3 Å². The van der Waals surface area contributed by atoms with E-state index in [0.717, 1.165) is 12.8 Å². The summed E-state index contributed by atoms with van der Waals surface area (Å²) in [7, 11) is 0. The molecule has 0 amide bonds. The van der Waals surface area contributed by atoms with Gasteiger partial charge < -0.3 is 10.8 Å². The summed E-state index contributed by atoms with van der Waals surface area (Å²) in [5.41, 5.74) is 9.36. The molecule has 0 bridgehead atoms. The summed E-state index contributed by atoms with van der Waals surface area (Å²) < 4.78 is 0. The fourth-order valence-corrected chi connectivity index (χ4v) is 2.61. The van der Waals surface area contributed by atoms with E-state index in [9.17, 15) is 4.79 Å². The molecule has 0 aliphatic heterocycles. The number of hydrogen-bond donors (Lipinski definition) is 2. The van der Waals surface area contributed by atoms with E-state index in [1.807, 2.05) is 0 Å². The van der Waals surface area contributed by atoms with Gasteiger partial charge in [-0.05, 0) is 38.2 Å². The number of carboxylic acids is 1. The molecule has 0 saturated heterocycles. The predicted molar refractivity (Wildman–Crippen MR) is 78.2 cm³/mol. The third kappa shape index (κ3) is 5.03. The highest BCUT2D eigenvalue weighted by Gasteiger charge is 2.20. The van der Waals surface area contributed by atoms with Gasteiger partial charge in [-0.2, -0.15) is 0 Å². The number of carboxylic acid groups (broad SMARTS) is 1. The second kappa shape index (κ2) is 7.29. The van der Waals surface area contributed by atoms with Gasteiger partial charge in [-0.25, -0.2) is 0 Å². The van der Waals surface area contributed by atoms with E-state index in [1.165, 1.54) is 16.7 Å². The highest BCUT2D eigenvalue weighted by molar-refractivity contribution is 5.70. The maximum Gasteiger partial charge on any atom is 0.307 e. The molecule has 0 fully saturated rings. The van der Waals surface area contributed by atoms with Crippen LogP contribution < -0.4 is 5.73 Å². The SMILES string of the molecule is CCC(Cc1cc(C)cc(C)c1)CC(CN)C(=O)O. The van der Waals surface area contributed by atoms with Gasteiger partial charge in [0.1, 0.15) is 0 Å². The molecular weight excluding hydrogens is 238 g/mol. The van der Waals surface area contributed by atoms with Crippen molar-refractivity contribution in [3.05, 3.63) is 34.9 Å². The van der Waals surface area contributed by atoms with Crippen molar-refractivity contribution in [2.45, 2.75) is 40.0 Å². The van der Waals surface area contributed by atoms with Crippen LogP contribution in [0.3, 0.4) is 0 Å². The minimum Gasteiger partial charge on any atom is -0.481 e. The van der Waals surface area contributed by atoms with Gasteiger partial charge in [0.05, 0.1) is 5.92 Å². The standard InChI is InChI=1S/C16H25NO2/c1-4-13(9-15(10-17)16(18)19)8-14-6-11(2)5-12(3)7-14/h5-7,13,15H,4,8-10,17H2,1-3H3,(H,18,19). The molecule has 0 saturated carbocycles. The van der Waals surface area contributed by atoms with Gasteiger partial charge in [0.25, 0.3) is 0 Å². The Morgan fingerprint density at radius 2 is 1.84 bits per heavy atom. The minimum absolute atomic E-state index is 0.221. The van der Waals surface area contributed by atoms with E-state index in [4.69, 9.17) is 10.8 Å². The molecule has 3 N–H and O–H groups in total. The van der Waals surface area contributed by atoms with E-state index < -0.39 is 11.9 Å². The van der Waals surface area contributed by atoms with Gasteiger partial charge in [0.2, 0.25) is 0 Å². The maximum atomic E-state index is 11.1. The average Bonchev–Trinajstić information content (AvgIpc) is 2.32. The number of hydrogen-bond acceptors (Lipinski definition) is 2. The van der Waals surface area contributed by atoms with Crippen molar-refractivity contribution >= 4 is 5.97 Å². The molecular formula is C16H25NO2. The van der Waals surface area contributed by atoms with E-state index in [-0.39, 0.29) is 6.54 Å². The third-order valence-corrected chi connectivity index (χ3v) is 3.63. The Hall–Kier alpha value is -1.35. The van der Waals surface area contributed by atoms with Crippen LogP contribution in [0.1, 0.15) is 36.5 Å². The van der Waals surface area contributed by atoms with Crippen LogP contribution in [0.2, 0.25) is 0 Å². The zero-order chi connectivity index (χ0) is 14.4. The van der Waals surface area contributed by atoms with Crippen molar-refractivity contribution in [2.75, 3.05) is 6.54 Å². The first kappa shape index (κ1) is 15.7. The van der Waals surface area contributed by atoms with Gasteiger partial charge in [-0.15, -0.1) is 0 Å². The molecule has 106 valence electrons. The number of rotatable bonds is 7. The van der Waals surface area contributed by atoms with Crippen molar-refractivity contribution < 1.29 is 9.90 Å². The highest BCUT2D eigenvalue weighted by Crippen LogP contribution is 2.22. The molecule has 0 aliphatic carbocycles. The zero-order valence-corrected chi connectivity index (χ0v) is 12.1. The van der Waals surface area contributed by atoms with Crippen LogP contribution in [-0.4, -0.2) is 17.6 Å². The molecule has 1 aromatic carbocycles. The molecule has 3 nitrogen and oxygen atoms in total. The summed E-state index contributed by atoms with van der Waals surface area (Å²) in [5, 5.41) is 9.09. The highest BCUT2D eigenvalue weighted by atomic mass is 16.4. The second-order valence-electron chi connectivity index (χ2n) is 5.48. The van der Waals surface area contributed by atoms with Crippen LogP contribution in [0.25, 0.3) is 0 Å². The molecule has 3 heteroatoms. The molecule has 0 heterocycles. The van der Waals surface area contributed by atoms with Crippen molar-refractivity contribution in [1.29, 1.82) is 0 Å². The maximum absolute atomic E-state index is 11.1. The van der Waals surface area contributed by atoms with Crippen molar-refractivity contribution in [1.82, 2.24) is 0 Å². The average molecular weight is 263 g/mol. The molecule has 2 unspecified atom stereocenters. The number of aliphatic carboxylic acids is 1. The Labute approximate surface area is 115 Å². The van der Waals surface area contributed by atoms with Crippen molar-refractivity contribution in [3.8, 4) is 0 Å². The Morgan fingerprint density at radius 3 is 2.26 bits per heavy atom. The molecule has 1 aromatic rings. The smallest absolute Gasteiger partial charge is 0.307 e. The van der Waals surface area contributed by atoms with Crippen LogP contribution in [0.5, 0.6) is 0 Å². The Bertz CT molecular complexity index is 409. The third-order valence-electron chi connectivity index (χ3n) is 3.63. The summed E-state index contributed by atoms with van der Waals surface area (Å²) in [6.45, 7) is 6.52. The van der Waals surface area contributed by atoms with E-state index in [2.05, 4.69) is 39.0 Å².